The van der Waals surface area contributed by atoms with E-state index in [1.54, 1.807) is 36.7 Å². The Morgan fingerprint density at radius 3 is 2.10 bits per heavy atom. The highest BCUT2D eigenvalue weighted by Crippen LogP contribution is 2.00. The average molecular weight is 594 g/mol. The summed E-state index contributed by atoms with van der Waals surface area (Å²) in [4.78, 5) is 11.0. The lowest BCUT2D eigenvalue weighted by Gasteiger charge is -1.92. The first-order valence-electron chi connectivity index (χ1n) is 9.12. The number of thiocarbonyl (C=S) groups is 2. The van der Waals surface area contributed by atoms with E-state index in [2.05, 4.69) is 65.7 Å². The van der Waals surface area contributed by atoms with Crippen LogP contribution in [0.3, 0.4) is 0 Å². The fraction of sp³-hybridized carbons (Fsp3) is 0.400. The second-order valence-electron chi connectivity index (χ2n) is 5.47. The zero-order valence-corrected chi connectivity index (χ0v) is 21.7. The molecule has 0 atom stereocenters. The molecule has 7 nitrogen and oxygen atoms in total. The fourth-order valence-electron chi connectivity index (χ4n) is 1.81. The monoisotopic (exact) mass is 592 g/mol. The van der Waals surface area contributed by atoms with Crippen molar-refractivity contribution in [2.24, 2.45) is 9.98 Å². The summed E-state index contributed by atoms with van der Waals surface area (Å²) >= 11 is 11.9. The maximum absolute atomic E-state index is 9.08. The van der Waals surface area contributed by atoms with E-state index in [0.717, 1.165) is 25.1 Å². The van der Waals surface area contributed by atoms with Gasteiger partial charge in [-0.15, -0.1) is 0 Å². The van der Waals surface area contributed by atoms with Crippen LogP contribution in [0.5, 0.6) is 11.5 Å². The number of hydrogen-bond donors (Lipinski definition) is 2. The van der Waals surface area contributed by atoms with Crippen molar-refractivity contribution in [1.29, 1.82) is 0 Å². The Morgan fingerprint density at radius 2 is 1.71 bits per heavy atom. The summed E-state index contributed by atoms with van der Waals surface area (Å²) in [6, 6.07) is 6.65. The van der Waals surface area contributed by atoms with Crippen LogP contribution in [0.4, 0.5) is 0 Å². The van der Waals surface area contributed by atoms with Crippen molar-refractivity contribution in [2.45, 2.75) is 19.4 Å². The molecule has 2 aromatic rings. The second kappa shape index (κ2) is 24.7. The molecule has 1 fully saturated rings. The Bertz CT molecular complexity index is 764. The Balaban J connectivity index is 0. The number of rotatable bonds is 5. The van der Waals surface area contributed by atoms with E-state index in [9.17, 15) is 0 Å². The summed E-state index contributed by atoms with van der Waals surface area (Å²) in [6.07, 6.45) is 9.05. The van der Waals surface area contributed by atoms with Crippen molar-refractivity contribution in [3.8, 4) is 11.5 Å². The highest BCUT2D eigenvalue weighted by Gasteiger charge is 1.98. The van der Waals surface area contributed by atoms with Crippen molar-refractivity contribution in [2.75, 3.05) is 31.6 Å². The first kappa shape index (κ1) is 31.6. The largest absolute Gasteiger partial charge is 1.00 e. The van der Waals surface area contributed by atoms with Gasteiger partial charge in [0.15, 0.2) is 18.5 Å². The Kier molecular flexibility index (Phi) is 25.2. The summed E-state index contributed by atoms with van der Waals surface area (Å²) in [5, 5.41) is 23.1. The number of nitrogens with zero attached hydrogens (tertiary/aromatic N) is 4. The van der Waals surface area contributed by atoms with Gasteiger partial charge in [-0.3, -0.25) is 4.98 Å². The maximum Gasteiger partial charge on any atom is 0.211 e. The smallest absolute Gasteiger partial charge is 0.211 e. The number of ether oxygens (including phenoxy) is 1. The van der Waals surface area contributed by atoms with Gasteiger partial charge in [-0.05, 0) is 55.5 Å². The first-order chi connectivity index (χ1) is 14.6. The Labute approximate surface area is 212 Å². The van der Waals surface area contributed by atoms with Gasteiger partial charge in [-0.25, -0.2) is 9.98 Å². The molecule has 0 amide bonds. The van der Waals surface area contributed by atoms with E-state index in [4.69, 9.17) is 14.9 Å². The third-order valence-corrected chi connectivity index (χ3v) is 3.72. The van der Waals surface area contributed by atoms with E-state index in [1.165, 1.54) is 19.0 Å². The summed E-state index contributed by atoms with van der Waals surface area (Å²) in [5.74, 6) is 0.464. The average Bonchev–Trinajstić information content (AvgIpc) is 3.34. The molecule has 0 spiro atoms. The van der Waals surface area contributed by atoms with Crippen LogP contribution in [0, 0.1) is 0 Å². The highest BCUT2D eigenvalue weighted by atomic mass is 79.9. The maximum atomic E-state index is 9.08. The lowest BCUT2D eigenvalue weighted by molar-refractivity contribution is -0.694. The van der Waals surface area contributed by atoms with E-state index < -0.39 is 0 Å². The lowest BCUT2D eigenvalue weighted by Crippen LogP contribution is -3.00. The van der Waals surface area contributed by atoms with Crippen LogP contribution in [-0.4, -0.2) is 57.2 Å². The number of aliphatic imine (C=N–C) groups is 2. The van der Waals surface area contributed by atoms with Crippen LogP contribution in [0.15, 0.2) is 59.0 Å². The van der Waals surface area contributed by atoms with Gasteiger partial charge in [-0.2, -0.15) is 4.57 Å². The molecule has 170 valence electrons. The quantitative estimate of drug-likeness (QED) is 0.231. The fourth-order valence-corrected chi connectivity index (χ4v) is 2.17. The van der Waals surface area contributed by atoms with Crippen molar-refractivity contribution in [1.82, 2.24) is 4.98 Å². The van der Waals surface area contributed by atoms with E-state index >= 15 is 0 Å². The minimum absolute atomic E-state index is 0. The standard InChI is InChI=1S/C8H8N2OS.C5H5NO.C4H8O.C3H4BrNS.BrH/c11-8-2-1-4-10(6-8)5-3-9-7-12;7-5-2-1-3-6-4-5;1-2-4-5-3-1;4-1-2-5-3-6;/h1-2,4,6H,3,5H2;1-4,7H;1-4H2;1-2H2;1H. The second-order valence-corrected chi connectivity index (χ2v) is 6.62. The molecule has 2 aromatic heterocycles. The molecule has 2 N–H and O–H groups in total. The van der Waals surface area contributed by atoms with Crippen LogP contribution in [0.25, 0.3) is 0 Å². The number of aromatic hydroxyl groups is 2. The molecule has 11 heteroatoms. The van der Waals surface area contributed by atoms with E-state index in [-0.39, 0.29) is 28.5 Å². The molecule has 0 radical (unpaired) electrons. The molecule has 1 aliphatic rings. The highest BCUT2D eigenvalue weighted by molar-refractivity contribution is 9.09. The van der Waals surface area contributed by atoms with Crippen molar-refractivity contribution in [3.63, 3.8) is 0 Å². The molecule has 31 heavy (non-hydrogen) atoms. The predicted molar refractivity (Wildman–Crippen MR) is 128 cm³/mol. The van der Waals surface area contributed by atoms with E-state index in [0.29, 0.717) is 13.1 Å². The van der Waals surface area contributed by atoms with Gasteiger partial charge >= 0.3 is 0 Å². The SMILES string of the molecule is C1CCOC1.Oc1ccc[n+](CCN=C=S)c1.Oc1cccnc1.S=C=NCCBr.[Br-]. The summed E-state index contributed by atoms with van der Waals surface area (Å²) in [7, 11) is 0. The normalized spacial score (nSPS) is 10.6. The number of hydrogen-bond acceptors (Lipinski definition) is 8. The molecule has 1 aliphatic heterocycles. The number of pyridine rings is 2. The van der Waals surface area contributed by atoms with Crippen LogP contribution < -0.4 is 21.5 Å². The van der Waals surface area contributed by atoms with Gasteiger partial charge in [0.1, 0.15) is 12.3 Å². The summed E-state index contributed by atoms with van der Waals surface area (Å²) in [5.41, 5.74) is 0. The molecular weight excluding hydrogens is 568 g/mol. The minimum Gasteiger partial charge on any atom is -1.00 e. The summed E-state index contributed by atoms with van der Waals surface area (Å²) in [6.45, 7) is 4.04. The molecule has 0 aliphatic carbocycles. The minimum atomic E-state index is 0. The van der Waals surface area contributed by atoms with Gasteiger partial charge < -0.3 is 31.9 Å². The molecule has 3 rings (SSSR count). The number of halogens is 2. The predicted octanol–water partition coefficient (Wildman–Crippen LogP) is 0.855. The molecule has 0 bridgehead atoms. The number of isothiocyanates is 2. The molecule has 0 saturated carbocycles. The third kappa shape index (κ3) is 22.9. The van der Waals surface area contributed by atoms with Gasteiger partial charge in [-0.1, -0.05) is 15.9 Å². The van der Waals surface area contributed by atoms with E-state index in [1.807, 2.05) is 10.8 Å². The van der Waals surface area contributed by atoms with Gasteiger partial charge in [0.25, 0.3) is 0 Å². The van der Waals surface area contributed by atoms with Gasteiger partial charge in [0.2, 0.25) is 6.20 Å². The van der Waals surface area contributed by atoms with Crippen molar-refractivity contribution >= 4 is 50.7 Å². The number of alkyl halides is 1. The molecule has 0 unspecified atom stereocenters. The molecule has 0 aromatic carbocycles. The van der Waals surface area contributed by atoms with Crippen molar-refractivity contribution < 1.29 is 36.5 Å². The van der Waals surface area contributed by atoms with Crippen molar-refractivity contribution in [3.05, 3.63) is 49.1 Å². The first-order valence-corrected chi connectivity index (χ1v) is 11.1. The Hall–Kier alpha value is -1.58. The summed E-state index contributed by atoms with van der Waals surface area (Å²) < 4.78 is 6.78. The van der Waals surface area contributed by atoms with Crippen LogP contribution in [0.1, 0.15) is 12.8 Å². The number of aromatic nitrogens is 2. The van der Waals surface area contributed by atoms with Crippen LogP contribution in [0.2, 0.25) is 0 Å². The van der Waals surface area contributed by atoms with Gasteiger partial charge in [0.05, 0.1) is 23.1 Å². The van der Waals surface area contributed by atoms with Crippen LogP contribution >= 0.6 is 40.4 Å². The molecular formula is C20H26Br2N4O3S2. The Morgan fingerprint density at radius 1 is 1.06 bits per heavy atom. The van der Waals surface area contributed by atoms with Crippen LogP contribution in [-0.2, 0) is 11.3 Å². The molecule has 1 saturated heterocycles. The molecule has 3 heterocycles. The zero-order chi connectivity index (χ0) is 22.3. The zero-order valence-electron chi connectivity index (χ0n) is 16.9. The third-order valence-electron chi connectivity index (χ3n) is 3.11. The topological polar surface area (TPSA) is 91.2 Å². The lowest BCUT2D eigenvalue weighted by atomic mass is 10.4. The van der Waals surface area contributed by atoms with Gasteiger partial charge in [0, 0.05) is 30.8 Å².